The highest BCUT2D eigenvalue weighted by molar-refractivity contribution is 5.92. The topological polar surface area (TPSA) is 139 Å². The largest absolute Gasteiger partial charge is 0.507 e. The number of aromatic hydroxyl groups is 1. The molecular weight excluding hydrogens is 294 g/mol. The first kappa shape index (κ1) is 18.0. The Morgan fingerprint density at radius 3 is 2.52 bits per heavy atom. The second-order valence-corrected chi connectivity index (χ2v) is 4.85. The van der Waals surface area contributed by atoms with E-state index in [0.29, 0.717) is 35.5 Å². The van der Waals surface area contributed by atoms with Crippen LogP contribution < -0.4 is 27.8 Å². The van der Waals surface area contributed by atoms with Gasteiger partial charge in [0.2, 0.25) is 5.91 Å². The van der Waals surface area contributed by atoms with E-state index in [1.165, 1.54) is 12.1 Å². The van der Waals surface area contributed by atoms with Crippen LogP contribution in [0.3, 0.4) is 0 Å². The Bertz CT molecular complexity index is 646. The molecule has 0 heterocycles. The molecule has 0 aromatic heterocycles. The summed E-state index contributed by atoms with van der Waals surface area (Å²) in [4.78, 5) is 11.4. The van der Waals surface area contributed by atoms with Gasteiger partial charge in [-0.3, -0.25) is 4.79 Å². The zero-order chi connectivity index (χ0) is 17.4. The maximum Gasteiger partial charge on any atom is 0.246 e. The third-order valence-electron chi connectivity index (χ3n) is 3.12. The van der Waals surface area contributed by atoms with Crippen molar-refractivity contribution in [2.45, 2.75) is 6.42 Å². The first-order valence-electron chi connectivity index (χ1n) is 7.01. The molecule has 0 aliphatic carbocycles. The molecule has 1 aromatic rings. The van der Waals surface area contributed by atoms with Crippen LogP contribution in [0.15, 0.2) is 54.0 Å². The first-order valence-corrected chi connectivity index (χ1v) is 7.01. The summed E-state index contributed by atoms with van der Waals surface area (Å²) in [7, 11) is 1.54. The first-order chi connectivity index (χ1) is 10.9. The van der Waals surface area contributed by atoms with E-state index in [0.717, 1.165) is 0 Å². The number of nitrogens with two attached hydrogens (primary N) is 3. The summed E-state index contributed by atoms with van der Waals surface area (Å²) in [5, 5.41) is 15.3. The van der Waals surface area contributed by atoms with Crippen LogP contribution in [-0.2, 0) is 4.79 Å². The molecule has 9 N–H and O–H groups in total. The molecule has 0 atom stereocenters. The molecule has 0 spiro atoms. The van der Waals surface area contributed by atoms with Gasteiger partial charge >= 0.3 is 0 Å². The van der Waals surface area contributed by atoms with E-state index < -0.39 is 0 Å². The lowest BCUT2D eigenvalue weighted by molar-refractivity contribution is -0.117. The second kappa shape index (κ2) is 8.38. The molecule has 0 radical (unpaired) electrons. The molecular formula is C16H23N5O2. The number of hydrogen-bond acceptors (Lipinski definition) is 6. The Kier molecular flexibility index (Phi) is 6.54. The molecule has 0 unspecified atom stereocenters. The molecule has 0 saturated carbocycles. The zero-order valence-corrected chi connectivity index (χ0v) is 13.1. The van der Waals surface area contributed by atoms with E-state index >= 15 is 0 Å². The fourth-order valence-corrected chi connectivity index (χ4v) is 1.83. The van der Waals surface area contributed by atoms with Gasteiger partial charge in [0, 0.05) is 30.4 Å². The number of amides is 1. The van der Waals surface area contributed by atoms with Gasteiger partial charge in [-0.25, -0.2) is 0 Å². The minimum Gasteiger partial charge on any atom is -0.507 e. The van der Waals surface area contributed by atoms with Crippen molar-refractivity contribution in [3.63, 3.8) is 0 Å². The van der Waals surface area contributed by atoms with E-state index in [9.17, 15) is 9.90 Å². The standard InChI is InChI=1S/C16H23N5O2/c1-10(16(23)20-2)7-8-21-13(15(18)19)9-12(17)11-5-3-4-6-14(11)22/h3-6,9,21-22H,1,7-8,17-19H2,2H3,(H,20,23)/b12-9-. The molecule has 0 aliphatic rings. The molecule has 0 aliphatic heterocycles. The Morgan fingerprint density at radius 2 is 1.96 bits per heavy atom. The molecule has 7 heteroatoms. The van der Waals surface area contributed by atoms with Crippen LogP contribution in [0.2, 0.25) is 0 Å². The van der Waals surface area contributed by atoms with Crippen LogP contribution in [0.25, 0.3) is 5.70 Å². The molecule has 23 heavy (non-hydrogen) atoms. The third-order valence-corrected chi connectivity index (χ3v) is 3.12. The van der Waals surface area contributed by atoms with Gasteiger partial charge < -0.3 is 32.9 Å². The molecule has 7 nitrogen and oxygen atoms in total. The molecule has 1 rings (SSSR count). The lowest BCUT2D eigenvalue weighted by atomic mass is 10.1. The highest BCUT2D eigenvalue weighted by atomic mass is 16.3. The molecule has 1 amide bonds. The summed E-state index contributed by atoms with van der Waals surface area (Å²) in [6.07, 6.45) is 1.95. The molecule has 1 aromatic carbocycles. The Labute approximate surface area is 135 Å². The maximum absolute atomic E-state index is 11.4. The molecule has 124 valence electrons. The molecule has 0 saturated heterocycles. The van der Waals surface area contributed by atoms with Gasteiger partial charge in [0.1, 0.15) is 11.6 Å². The number of allylic oxidation sites excluding steroid dienone is 1. The molecule has 0 fully saturated rings. The normalized spacial score (nSPS) is 10.7. The zero-order valence-electron chi connectivity index (χ0n) is 13.1. The highest BCUT2D eigenvalue weighted by Gasteiger charge is 2.07. The van der Waals surface area contributed by atoms with Crippen LogP contribution in [-0.4, -0.2) is 24.6 Å². The summed E-state index contributed by atoms with van der Waals surface area (Å²) in [6, 6.07) is 6.67. The van der Waals surface area contributed by atoms with E-state index in [-0.39, 0.29) is 17.5 Å². The number of nitrogens with one attached hydrogen (secondary N) is 2. The van der Waals surface area contributed by atoms with E-state index in [1.807, 2.05) is 0 Å². The highest BCUT2D eigenvalue weighted by Crippen LogP contribution is 2.21. The second-order valence-electron chi connectivity index (χ2n) is 4.85. The predicted octanol–water partition coefficient (Wildman–Crippen LogP) is 0.0602. The van der Waals surface area contributed by atoms with Gasteiger partial charge in [-0.2, -0.15) is 0 Å². The maximum atomic E-state index is 11.4. The SMILES string of the molecule is C=C(CCNC(/C=C(\N)c1ccccc1O)=C(N)N)C(=O)NC. The van der Waals surface area contributed by atoms with Crippen LogP contribution in [0.5, 0.6) is 5.75 Å². The van der Waals surface area contributed by atoms with Crippen LogP contribution >= 0.6 is 0 Å². The number of phenols is 1. The minimum absolute atomic E-state index is 0.0499. The van der Waals surface area contributed by atoms with Crippen molar-refractivity contribution in [2.75, 3.05) is 13.6 Å². The Hall–Kier alpha value is -3.09. The van der Waals surface area contributed by atoms with Gasteiger partial charge in [-0.1, -0.05) is 18.7 Å². The van der Waals surface area contributed by atoms with E-state index in [2.05, 4.69) is 17.2 Å². The third kappa shape index (κ3) is 5.31. The summed E-state index contributed by atoms with van der Waals surface area (Å²) < 4.78 is 0. The smallest absolute Gasteiger partial charge is 0.246 e. The van der Waals surface area contributed by atoms with Crippen molar-refractivity contribution in [3.05, 3.63) is 59.6 Å². The summed E-state index contributed by atoms with van der Waals surface area (Å²) in [5.41, 5.74) is 18.9. The monoisotopic (exact) mass is 317 g/mol. The van der Waals surface area contributed by atoms with Crippen molar-refractivity contribution < 1.29 is 9.90 Å². The average Bonchev–Trinajstić information content (AvgIpc) is 2.52. The number of likely N-dealkylation sites (N-methyl/N-ethyl adjacent to an activating group) is 1. The van der Waals surface area contributed by atoms with Crippen molar-refractivity contribution in [2.24, 2.45) is 17.2 Å². The van der Waals surface area contributed by atoms with E-state index in [1.54, 1.807) is 25.2 Å². The van der Waals surface area contributed by atoms with Gasteiger partial charge in [0.25, 0.3) is 0 Å². The fraction of sp³-hybridized carbons (Fsp3) is 0.188. The van der Waals surface area contributed by atoms with Gasteiger partial charge in [0.05, 0.1) is 5.70 Å². The van der Waals surface area contributed by atoms with Crippen molar-refractivity contribution in [1.29, 1.82) is 0 Å². The summed E-state index contributed by atoms with van der Waals surface area (Å²) >= 11 is 0. The lowest BCUT2D eigenvalue weighted by Crippen LogP contribution is -2.26. The number of carbonyl (C=O) groups is 1. The van der Waals surface area contributed by atoms with Gasteiger partial charge in [-0.15, -0.1) is 0 Å². The lowest BCUT2D eigenvalue weighted by Gasteiger charge is -2.12. The van der Waals surface area contributed by atoms with Crippen molar-refractivity contribution in [1.82, 2.24) is 10.6 Å². The minimum atomic E-state index is -0.220. The van der Waals surface area contributed by atoms with Gasteiger partial charge in [0.15, 0.2) is 0 Å². The van der Waals surface area contributed by atoms with Crippen LogP contribution in [0.1, 0.15) is 12.0 Å². The quantitative estimate of drug-likeness (QED) is 0.310. The Balaban J connectivity index is 2.79. The number of phenolic OH excluding ortho intramolecular Hbond substituents is 1. The number of para-hydroxylation sites is 1. The summed E-state index contributed by atoms with van der Waals surface area (Å²) in [6.45, 7) is 4.09. The number of benzene rings is 1. The van der Waals surface area contributed by atoms with Gasteiger partial charge in [-0.05, 0) is 24.6 Å². The van der Waals surface area contributed by atoms with Crippen molar-refractivity contribution in [3.8, 4) is 5.75 Å². The Morgan fingerprint density at radius 1 is 1.30 bits per heavy atom. The van der Waals surface area contributed by atoms with Crippen molar-refractivity contribution >= 4 is 11.6 Å². The molecule has 0 bridgehead atoms. The predicted molar refractivity (Wildman–Crippen MR) is 91.5 cm³/mol. The summed E-state index contributed by atoms with van der Waals surface area (Å²) in [5.74, 6) is -0.111. The number of carbonyl (C=O) groups excluding carboxylic acids is 1. The number of hydrogen-bond donors (Lipinski definition) is 6. The fourth-order valence-electron chi connectivity index (χ4n) is 1.83. The average molecular weight is 317 g/mol. The van der Waals surface area contributed by atoms with Crippen LogP contribution in [0, 0.1) is 0 Å². The number of rotatable bonds is 7. The van der Waals surface area contributed by atoms with Crippen LogP contribution in [0.4, 0.5) is 0 Å². The van der Waals surface area contributed by atoms with E-state index in [4.69, 9.17) is 17.2 Å².